The molecule has 0 fully saturated rings. The smallest absolute Gasteiger partial charge is 0.0783 e. The van der Waals surface area contributed by atoms with Gasteiger partial charge in [-0.25, -0.2) is 0 Å². The van der Waals surface area contributed by atoms with Crippen LogP contribution in [0.5, 0.6) is 0 Å². The van der Waals surface area contributed by atoms with Crippen LogP contribution in [0.4, 0.5) is 0 Å². The molecule has 0 aliphatic heterocycles. The standard InChI is InChI=1S/C10H18O2/c1-5-6-7-9(11)8-12-10(2,3)4/h1,9,11H,6-8H2,2-4H3. The summed E-state index contributed by atoms with van der Waals surface area (Å²) in [6.07, 6.45) is 5.85. The van der Waals surface area contributed by atoms with Crippen LogP contribution in [0.2, 0.25) is 0 Å². The summed E-state index contributed by atoms with van der Waals surface area (Å²) in [4.78, 5) is 0. The van der Waals surface area contributed by atoms with Crippen LogP contribution in [-0.2, 0) is 4.74 Å². The number of aliphatic hydroxyl groups is 1. The molecule has 12 heavy (non-hydrogen) atoms. The lowest BCUT2D eigenvalue weighted by atomic mass is 10.2. The zero-order valence-corrected chi connectivity index (χ0v) is 8.13. The molecule has 0 saturated heterocycles. The van der Waals surface area contributed by atoms with Crippen molar-refractivity contribution in [3.05, 3.63) is 0 Å². The van der Waals surface area contributed by atoms with E-state index in [1.807, 2.05) is 20.8 Å². The summed E-state index contributed by atoms with van der Waals surface area (Å²) in [5.41, 5.74) is -0.183. The Balaban J connectivity index is 3.45. The molecule has 2 nitrogen and oxygen atoms in total. The summed E-state index contributed by atoms with van der Waals surface area (Å²) in [5, 5.41) is 9.32. The molecule has 0 heterocycles. The summed E-state index contributed by atoms with van der Waals surface area (Å²) in [6, 6.07) is 0. The minimum absolute atomic E-state index is 0.183. The largest absolute Gasteiger partial charge is 0.391 e. The predicted octanol–water partition coefficient (Wildman–Crippen LogP) is 1.58. The fraction of sp³-hybridized carbons (Fsp3) is 0.800. The Labute approximate surface area is 74.9 Å². The highest BCUT2D eigenvalue weighted by atomic mass is 16.5. The van der Waals surface area contributed by atoms with Gasteiger partial charge >= 0.3 is 0 Å². The summed E-state index contributed by atoms with van der Waals surface area (Å²) in [5.74, 6) is 2.48. The van der Waals surface area contributed by atoms with Crippen LogP contribution < -0.4 is 0 Å². The molecule has 0 aromatic carbocycles. The number of hydrogen-bond acceptors (Lipinski definition) is 2. The molecule has 0 aromatic rings. The molecule has 0 rings (SSSR count). The summed E-state index contributed by atoms with van der Waals surface area (Å²) >= 11 is 0. The van der Waals surface area contributed by atoms with E-state index in [1.54, 1.807) is 0 Å². The summed E-state index contributed by atoms with van der Waals surface area (Å²) < 4.78 is 5.37. The average Bonchev–Trinajstić information content (AvgIpc) is 1.95. The quantitative estimate of drug-likeness (QED) is 0.649. The third-order valence-electron chi connectivity index (χ3n) is 1.33. The summed E-state index contributed by atoms with van der Waals surface area (Å²) in [7, 11) is 0. The van der Waals surface area contributed by atoms with Gasteiger partial charge in [-0.3, -0.25) is 0 Å². The average molecular weight is 170 g/mol. The van der Waals surface area contributed by atoms with E-state index in [0.29, 0.717) is 19.4 Å². The monoisotopic (exact) mass is 170 g/mol. The number of aliphatic hydroxyl groups excluding tert-OH is 1. The van der Waals surface area contributed by atoms with Gasteiger partial charge in [0.05, 0.1) is 18.3 Å². The van der Waals surface area contributed by atoms with E-state index in [0.717, 1.165) is 0 Å². The predicted molar refractivity (Wildman–Crippen MR) is 49.8 cm³/mol. The van der Waals surface area contributed by atoms with Crippen LogP contribution in [0.25, 0.3) is 0 Å². The molecule has 2 heteroatoms. The normalized spacial score (nSPS) is 13.9. The second-order valence-corrected chi connectivity index (χ2v) is 3.82. The van der Waals surface area contributed by atoms with Gasteiger partial charge in [0.25, 0.3) is 0 Å². The third kappa shape index (κ3) is 7.59. The van der Waals surface area contributed by atoms with Crippen molar-refractivity contribution in [2.75, 3.05) is 6.61 Å². The van der Waals surface area contributed by atoms with Crippen molar-refractivity contribution >= 4 is 0 Å². The van der Waals surface area contributed by atoms with Crippen molar-refractivity contribution in [2.24, 2.45) is 0 Å². The molecule has 0 spiro atoms. The van der Waals surface area contributed by atoms with Crippen molar-refractivity contribution in [1.82, 2.24) is 0 Å². The lowest BCUT2D eigenvalue weighted by Crippen LogP contribution is -2.26. The van der Waals surface area contributed by atoms with E-state index in [4.69, 9.17) is 11.2 Å². The van der Waals surface area contributed by atoms with E-state index in [1.165, 1.54) is 0 Å². The molecular weight excluding hydrogens is 152 g/mol. The lowest BCUT2D eigenvalue weighted by molar-refractivity contribution is -0.0500. The van der Waals surface area contributed by atoms with Crippen LogP contribution >= 0.6 is 0 Å². The minimum Gasteiger partial charge on any atom is -0.391 e. The fourth-order valence-electron chi connectivity index (χ4n) is 0.679. The van der Waals surface area contributed by atoms with E-state index < -0.39 is 6.10 Å². The highest BCUT2D eigenvalue weighted by Crippen LogP contribution is 2.08. The molecule has 0 saturated carbocycles. The SMILES string of the molecule is C#CCCC(O)COC(C)(C)C. The van der Waals surface area contributed by atoms with Gasteiger partial charge in [-0.05, 0) is 27.2 Å². The lowest BCUT2D eigenvalue weighted by Gasteiger charge is -2.21. The van der Waals surface area contributed by atoms with Crippen LogP contribution in [0.15, 0.2) is 0 Å². The van der Waals surface area contributed by atoms with Gasteiger partial charge in [-0.2, -0.15) is 0 Å². The molecule has 0 aliphatic rings. The molecule has 0 radical (unpaired) electrons. The second-order valence-electron chi connectivity index (χ2n) is 3.82. The first-order valence-corrected chi connectivity index (χ1v) is 4.21. The maximum Gasteiger partial charge on any atom is 0.0783 e. The molecule has 1 atom stereocenters. The Morgan fingerprint density at radius 1 is 1.50 bits per heavy atom. The van der Waals surface area contributed by atoms with Crippen molar-refractivity contribution in [2.45, 2.75) is 45.3 Å². The number of hydrogen-bond donors (Lipinski definition) is 1. The maximum absolute atomic E-state index is 9.32. The van der Waals surface area contributed by atoms with Gasteiger partial charge in [-0.15, -0.1) is 12.3 Å². The van der Waals surface area contributed by atoms with Crippen LogP contribution in [-0.4, -0.2) is 23.4 Å². The summed E-state index contributed by atoms with van der Waals surface area (Å²) in [6.45, 7) is 6.24. The van der Waals surface area contributed by atoms with Crippen molar-refractivity contribution in [1.29, 1.82) is 0 Å². The Morgan fingerprint density at radius 3 is 2.50 bits per heavy atom. The Bertz CT molecular complexity index is 150. The van der Waals surface area contributed by atoms with Crippen molar-refractivity contribution in [3.63, 3.8) is 0 Å². The van der Waals surface area contributed by atoms with E-state index >= 15 is 0 Å². The molecule has 0 amide bonds. The number of terminal acetylenes is 1. The topological polar surface area (TPSA) is 29.5 Å². The molecule has 1 N–H and O–H groups in total. The molecule has 70 valence electrons. The minimum atomic E-state index is -0.430. The van der Waals surface area contributed by atoms with E-state index in [9.17, 15) is 5.11 Å². The van der Waals surface area contributed by atoms with Crippen LogP contribution in [0, 0.1) is 12.3 Å². The zero-order chi connectivity index (χ0) is 9.61. The van der Waals surface area contributed by atoms with Gasteiger partial charge in [0.2, 0.25) is 0 Å². The second kappa shape index (κ2) is 5.18. The maximum atomic E-state index is 9.32. The first kappa shape index (κ1) is 11.5. The first-order chi connectivity index (χ1) is 5.45. The number of rotatable bonds is 4. The van der Waals surface area contributed by atoms with Crippen LogP contribution in [0.1, 0.15) is 33.6 Å². The zero-order valence-electron chi connectivity index (χ0n) is 8.13. The molecular formula is C10H18O2. The fourth-order valence-corrected chi connectivity index (χ4v) is 0.679. The molecule has 0 bridgehead atoms. The van der Waals surface area contributed by atoms with Gasteiger partial charge in [0.15, 0.2) is 0 Å². The Hall–Kier alpha value is -0.520. The van der Waals surface area contributed by atoms with E-state index in [-0.39, 0.29) is 5.60 Å². The van der Waals surface area contributed by atoms with Gasteiger partial charge < -0.3 is 9.84 Å². The van der Waals surface area contributed by atoms with Crippen molar-refractivity contribution < 1.29 is 9.84 Å². The molecule has 1 unspecified atom stereocenters. The van der Waals surface area contributed by atoms with Gasteiger partial charge in [-0.1, -0.05) is 0 Å². The Morgan fingerprint density at radius 2 is 2.08 bits per heavy atom. The van der Waals surface area contributed by atoms with Gasteiger partial charge in [0, 0.05) is 6.42 Å². The van der Waals surface area contributed by atoms with E-state index in [2.05, 4.69) is 5.92 Å². The highest BCUT2D eigenvalue weighted by molar-refractivity contribution is 4.84. The van der Waals surface area contributed by atoms with Gasteiger partial charge in [0.1, 0.15) is 0 Å². The Kier molecular flexibility index (Phi) is 4.96. The number of ether oxygens (including phenoxy) is 1. The van der Waals surface area contributed by atoms with Crippen LogP contribution in [0.3, 0.4) is 0 Å². The molecule has 0 aliphatic carbocycles. The third-order valence-corrected chi connectivity index (χ3v) is 1.33. The highest BCUT2D eigenvalue weighted by Gasteiger charge is 2.12. The molecule has 0 aromatic heterocycles. The first-order valence-electron chi connectivity index (χ1n) is 4.21. The van der Waals surface area contributed by atoms with Crippen molar-refractivity contribution in [3.8, 4) is 12.3 Å².